The van der Waals surface area contributed by atoms with E-state index in [-0.39, 0.29) is 36.0 Å². The van der Waals surface area contributed by atoms with Gasteiger partial charge in [0.05, 0.1) is 11.4 Å². The van der Waals surface area contributed by atoms with E-state index in [1.807, 2.05) is 0 Å². The van der Waals surface area contributed by atoms with Crippen LogP contribution >= 0.6 is 0 Å². The van der Waals surface area contributed by atoms with Gasteiger partial charge < -0.3 is 9.66 Å². The first-order valence-corrected chi connectivity index (χ1v) is 13.0. The molecule has 0 aliphatic carbocycles. The summed E-state index contributed by atoms with van der Waals surface area (Å²) in [5, 5.41) is 8.74. The Morgan fingerprint density at radius 3 is 1.29 bits per heavy atom. The van der Waals surface area contributed by atoms with Gasteiger partial charge in [-0.05, 0) is 12.8 Å². The van der Waals surface area contributed by atoms with E-state index in [2.05, 4.69) is 6.92 Å². The number of hydrogen-bond donors (Lipinski definition) is 1. The Bertz CT molecular complexity index is 415. The van der Waals surface area contributed by atoms with Crippen molar-refractivity contribution in [2.24, 2.45) is 0 Å². The Morgan fingerprint density at radius 2 is 1.00 bits per heavy atom. The molecule has 4 nitrogen and oxygen atoms in total. The molecular formula is C22H45NaO4S. The monoisotopic (exact) mass is 428 g/mol. The summed E-state index contributed by atoms with van der Waals surface area (Å²) in [5.74, 6) is 0. The Hall–Kier alpha value is 0.870. The standard InChI is InChI=1S/C22H46O4S.Na/c1-3-5-6-7-8-9-10-11-12-13-14-15-16-17-18-19-20-21(23)22(4-2)27(24,25)26;/h21-23H,3-20H2,1-2H3,(H,24,25,26);/q;+1/p-1. The van der Waals surface area contributed by atoms with Crippen LogP contribution < -0.4 is 29.6 Å². The van der Waals surface area contributed by atoms with Gasteiger partial charge in [0, 0.05) is 0 Å². The van der Waals surface area contributed by atoms with Crippen LogP contribution in [0.1, 0.15) is 129 Å². The Kier molecular flexibility index (Phi) is 23.4. The van der Waals surface area contributed by atoms with Crippen molar-refractivity contribution >= 4 is 10.1 Å². The summed E-state index contributed by atoms with van der Waals surface area (Å²) in [6.45, 7) is 3.90. The summed E-state index contributed by atoms with van der Waals surface area (Å²) in [4.78, 5) is 0. The number of unbranched alkanes of at least 4 members (excludes halogenated alkanes) is 15. The minimum atomic E-state index is -4.39. The molecule has 0 radical (unpaired) electrons. The molecule has 0 heterocycles. The van der Waals surface area contributed by atoms with Crippen molar-refractivity contribution in [2.45, 2.75) is 141 Å². The van der Waals surface area contributed by atoms with Gasteiger partial charge >= 0.3 is 29.6 Å². The molecule has 0 saturated heterocycles. The average molecular weight is 429 g/mol. The third-order valence-electron chi connectivity index (χ3n) is 5.56. The zero-order chi connectivity index (χ0) is 20.4. The second-order valence-corrected chi connectivity index (χ2v) is 9.69. The molecule has 0 rings (SSSR count). The largest absolute Gasteiger partial charge is 1.00 e. The van der Waals surface area contributed by atoms with E-state index in [1.165, 1.54) is 83.5 Å². The fraction of sp³-hybridized carbons (Fsp3) is 1.00. The van der Waals surface area contributed by atoms with E-state index in [1.54, 1.807) is 6.92 Å². The predicted molar refractivity (Wildman–Crippen MR) is 114 cm³/mol. The smallest absolute Gasteiger partial charge is 0.748 e. The van der Waals surface area contributed by atoms with E-state index in [9.17, 15) is 18.1 Å². The fourth-order valence-electron chi connectivity index (χ4n) is 3.76. The number of hydrogen-bond acceptors (Lipinski definition) is 4. The van der Waals surface area contributed by atoms with Gasteiger partial charge in [-0.2, -0.15) is 0 Å². The fourth-order valence-corrected chi connectivity index (χ4v) is 4.69. The second kappa shape index (κ2) is 21.1. The van der Waals surface area contributed by atoms with Crippen LogP contribution in [-0.4, -0.2) is 29.4 Å². The SMILES string of the molecule is CCCCCCCCCCCCCCCCCCC(O)C(CC)S(=O)(=O)[O-].[Na+]. The van der Waals surface area contributed by atoms with Crippen LogP contribution in [0.15, 0.2) is 0 Å². The van der Waals surface area contributed by atoms with Crippen LogP contribution in [0.25, 0.3) is 0 Å². The van der Waals surface area contributed by atoms with Crippen molar-refractivity contribution in [3.05, 3.63) is 0 Å². The molecule has 0 amide bonds. The van der Waals surface area contributed by atoms with E-state index < -0.39 is 21.5 Å². The maximum atomic E-state index is 11.1. The van der Waals surface area contributed by atoms with Gasteiger partial charge in [0.2, 0.25) is 0 Å². The third-order valence-corrected chi connectivity index (χ3v) is 6.94. The normalized spacial score (nSPS) is 13.9. The molecule has 6 heteroatoms. The van der Waals surface area contributed by atoms with Crippen LogP contribution in [-0.2, 0) is 10.1 Å². The molecule has 0 aromatic carbocycles. The maximum Gasteiger partial charge on any atom is 1.00 e. The molecular weight excluding hydrogens is 383 g/mol. The van der Waals surface area contributed by atoms with Crippen molar-refractivity contribution in [1.29, 1.82) is 0 Å². The molecule has 0 spiro atoms. The molecule has 164 valence electrons. The van der Waals surface area contributed by atoms with Gasteiger partial charge in [0.15, 0.2) is 0 Å². The number of aliphatic hydroxyl groups is 1. The third kappa shape index (κ3) is 18.9. The van der Waals surface area contributed by atoms with E-state index >= 15 is 0 Å². The molecule has 0 bridgehead atoms. The number of aliphatic hydroxyl groups excluding tert-OH is 1. The molecule has 0 aromatic rings. The van der Waals surface area contributed by atoms with Crippen LogP contribution in [0.3, 0.4) is 0 Å². The minimum Gasteiger partial charge on any atom is -0.748 e. The van der Waals surface area contributed by atoms with Gasteiger partial charge in [0.25, 0.3) is 0 Å². The summed E-state index contributed by atoms with van der Waals surface area (Å²) >= 11 is 0. The Labute approximate surface area is 197 Å². The second-order valence-electron chi connectivity index (χ2n) is 8.10. The molecule has 0 fully saturated rings. The summed E-state index contributed by atoms with van der Waals surface area (Å²) in [7, 11) is -4.39. The summed E-state index contributed by atoms with van der Waals surface area (Å²) in [6.07, 6.45) is 20.2. The Balaban J connectivity index is 0. The van der Waals surface area contributed by atoms with E-state index in [0.29, 0.717) is 6.42 Å². The molecule has 2 unspecified atom stereocenters. The van der Waals surface area contributed by atoms with E-state index in [0.717, 1.165) is 19.3 Å². The maximum absolute atomic E-state index is 11.1. The molecule has 1 N–H and O–H groups in total. The van der Waals surface area contributed by atoms with Crippen molar-refractivity contribution < 1.29 is 47.6 Å². The predicted octanol–water partition coefficient (Wildman–Crippen LogP) is 3.33. The molecule has 28 heavy (non-hydrogen) atoms. The van der Waals surface area contributed by atoms with Gasteiger partial charge in [-0.15, -0.1) is 0 Å². The zero-order valence-electron chi connectivity index (χ0n) is 19.0. The van der Waals surface area contributed by atoms with Gasteiger partial charge in [-0.1, -0.05) is 117 Å². The summed E-state index contributed by atoms with van der Waals surface area (Å²) in [6, 6.07) is 0. The average Bonchev–Trinajstić information content (AvgIpc) is 2.60. The molecule has 2 atom stereocenters. The first kappa shape index (κ1) is 31.1. The van der Waals surface area contributed by atoms with Crippen LogP contribution in [0, 0.1) is 0 Å². The van der Waals surface area contributed by atoms with Crippen molar-refractivity contribution in [2.75, 3.05) is 0 Å². The van der Waals surface area contributed by atoms with Gasteiger partial charge in [0.1, 0.15) is 10.1 Å². The first-order valence-electron chi connectivity index (χ1n) is 11.6. The summed E-state index contributed by atoms with van der Waals surface area (Å²) in [5.41, 5.74) is 0. The molecule has 0 saturated carbocycles. The summed E-state index contributed by atoms with van der Waals surface area (Å²) < 4.78 is 33.2. The van der Waals surface area contributed by atoms with Crippen LogP contribution in [0.2, 0.25) is 0 Å². The molecule has 0 aliphatic heterocycles. The van der Waals surface area contributed by atoms with E-state index in [4.69, 9.17) is 0 Å². The zero-order valence-corrected chi connectivity index (χ0v) is 21.8. The van der Waals surface area contributed by atoms with Gasteiger partial charge in [-0.3, -0.25) is 0 Å². The topological polar surface area (TPSA) is 77.4 Å². The van der Waals surface area contributed by atoms with Crippen molar-refractivity contribution in [3.8, 4) is 0 Å². The molecule has 0 aromatic heterocycles. The van der Waals surface area contributed by atoms with Crippen LogP contribution in [0.5, 0.6) is 0 Å². The van der Waals surface area contributed by atoms with Crippen molar-refractivity contribution in [3.63, 3.8) is 0 Å². The Morgan fingerprint density at radius 1 is 0.679 bits per heavy atom. The number of rotatable bonds is 20. The molecule has 0 aliphatic rings. The minimum absolute atomic E-state index is 0. The van der Waals surface area contributed by atoms with Crippen LogP contribution in [0.4, 0.5) is 0 Å². The first-order chi connectivity index (χ1) is 12.9. The van der Waals surface area contributed by atoms with Gasteiger partial charge in [-0.25, -0.2) is 8.42 Å². The van der Waals surface area contributed by atoms with Crippen molar-refractivity contribution in [1.82, 2.24) is 0 Å². The quantitative estimate of drug-likeness (QED) is 0.183.